The Kier molecular flexibility index (Phi) is 7.79. The fraction of sp³-hybridized carbons (Fsp3) is 0.0851. The van der Waals surface area contributed by atoms with Gasteiger partial charge < -0.3 is 0 Å². The summed E-state index contributed by atoms with van der Waals surface area (Å²) in [5, 5.41) is 2.49. The maximum absolute atomic E-state index is 5.18. The van der Waals surface area contributed by atoms with Crippen molar-refractivity contribution in [3.8, 4) is 44.9 Å². The average Bonchev–Trinajstić information content (AvgIpc) is 3.21. The van der Waals surface area contributed by atoms with Gasteiger partial charge in [-0.3, -0.25) is 4.99 Å². The summed E-state index contributed by atoms with van der Waals surface area (Å²) in [4.78, 5) is 15.1. The van der Waals surface area contributed by atoms with Crippen LogP contribution < -0.4 is 0 Å². The summed E-state index contributed by atoms with van der Waals surface area (Å²) in [6.45, 7) is 0. The van der Waals surface area contributed by atoms with Crippen molar-refractivity contribution in [2.45, 2.75) is 12.8 Å². The molecule has 2 aliphatic rings. The van der Waals surface area contributed by atoms with Crippen LogP contribution in [0.25, 0.3) is 61.2 Å². The molecule has 3 heteroatoms. The van der Waals surface area contributed by atoms with E-state index in [0.29, 0.717) is 11.8 Å². The van der Waals surface area contributed by atoms with E-state index < -0.39 is 0 Å². The van der Waals surface area contributed by atoms with E-state index in [4.69, 9.17) is 15.0 Å². The number of nitrogens with zero attached hydrogens (tertiary/aromatic N) is 3. The van der Waals surface area contributed by atoms with Gasteiger partial charge in [-0.05, 0) is 75.1 Å². The van der Waals surface area contributed by atoms with E-state index in [1.165, 1.54) is 38.6 Å². The smallest absolute Gasteiger partial charge is 0.160 e. The van der Waals surface area contributed by atoms with Gasteiger partial charge in [0.1, 0.15) is 0 Å². The van der Waals surface area contributed by atoms with E-state index in [0.717, 1.165) is 52.4 Å². The quantitative estimate of drug-likeness (QED) is 0.181. The fourth-order valence-electron chi connectivity index (χ4n) is 7.31. The van der Waals surface area contributed by atoms with Crippen molar-refractivity contribution in [1.82, 2.24) is 9.97 Å². The van der Waals surface area contributed by atoms with Crippen LogP contribution in [0.15, 0.2) is 175 Å². The van der Waals surface area contributed by atoms with Crippen LogP contribution >= 0.6 is 0 Å². The summed E-state index contributed by atoms with van der Waals surface area (Å²) in [5.41, 5.74) is 12.3. The number of benzene rings is 6. The lowest BCUT2D eigenvalue weighted by Gasteiger charge is -2.26. The van der Waals surface area contributed by atoms with E-state index in [1.807, 2.05) is 0 Å². The topological polar surface area (TPSA) is 38.1 Å². The third-order valence-corrected chi connectivity index (χ3v) is 10.1. The first kappa shape index (κ1) is 29.9. The molecule has 50 heavy (non-hydrogen) atoms. The van der Waals surface area contributed by atoms with E-state index >= 15 is 0 Å². The number of aliphatic imine (C=N–C) groups is 1. The number of rotatable bonds is 6. The van der Waals surface area contributed by atoms with Crippen molar-refractivity contribution in [3.05, 3.63) is 181 Å². The van der Waals surface area contributed by atoms with Gasteiger partial charge in [0.2, 0.25) is 0 Å². The first-order valence-corrected chi connectivity index (χ1v) is 17.4. The molecular weight excluding hydrogens is 607 g/mol. The van der Waals surface area contributed by atoms with Crippen LogP contribution in [0.1, 0.15) is 17.7 Å². The van der Waals surface area contributed by atoms with Crippen molar-refractivity contribution >= 4 is 28.2 Å². The molecule has 0 amide bonds. The summed E-state index contributed by atoms with van der Waals surface area (Å²) >= 11 is 0. The number of allylic oxidation sites excluding steroid dienone is 4. The monoisotopic (exact) mass is 641 g/mol. The lowest BCUT2D eigenvalue weighted by molar-refractivity contribution is 0.506. The maximum atomic E-state index is 5.18. The van der Waals surface area contributed by atoms with Gasteiger partial charge >= 0.3 is 0 Å². The van der Waals surface area contributed by atoms with Crippen LogP contribution in [-0.4, -0.2) is 16.2 Å². The molecule has 1 aliphatic carbocycles. The minimum absolute atomic E-state index is 0.388. The van der Waals surface area contributed by atoms with Crippen molar-refractivity contribution in [3.63, 3.8) is 0 Å². The Morgan fingerprint density at radius 3 is 2.04 bits per heavy atom. The van der Waals surface area contributed by atoms with Crippen LogP contribution in [0, 0.1) is 11.8 Å². The Bertz CT molecular complexity index is 2410. The summed E-state index contributed by atoms with van der Waals surface area (Å²) < 4.78 is 0. The van der Waals surface area contributed by atoms with Crippen LogP contribution in [0.3, 0.4) is 0 Å². The van der Waals surface area contributed by atoms with Gasteiger partial charge in [0.05, 0.1) is 17.1 Å². The highest BCUT2D eigenvalue weighted by atomic mass is 14.9. The predicted molar refractivity (Wildman–Crippen MR) is 208 cm³/mol. The molecule has 0 bridgehead atoms. The predicted octanol–water partition coefficient (Wildman–Crippen LogP) is 11.8. The van der Waals surface area contributed by atoms with Crippen molar-refractivity contribution < 1.29 is 0 Å². The average molecular weight is 642 g/mol. The second-order valence-electron chi connectivity index (χ2n) is 13.2. The second-order valence-corrected chi connectivity index (χ2v) is 13.2. The Morgan fingerprint density at radius 2 is 1.20 bits per heavy atom. The van der Waals surface area contributed by atoms with E-state index in [2.05, 4.69) is 176 Å². The molecule has 0 radical (unpaired) electrons. The van der Waals surface area contributed by atoms with Crippen LogP contribution in [0.4, 0.5) is 5.69 Å². The largest absolute Gasteiger partial charge is 0.261 e. The third-order valence-electron chi connectivity index (χ3n) is 10.1. The number of fused-ring (bicyclic) bond motifs is 2. The molecule has 3 nitrogen and oxygen atoms in total. The molecule has 6 aromatic carbocycles. The zero-order chi connectivity index (χ0) is 33.3. The second kappa shape index (κ2) is 13.0. The first-order valence-electron chi connectivity index (χ1n) is 17.4. The normalized spacial score (nSPS) is 16.6. The zero-order valence-electron chi connectivity index (χ0n) is 27.7. The van der Waals surface area contributed by atoms with Gasteiger partial charge in [-0.2, -0.15) is 0 Å². The standard InChI is InChI=1S/C47H35N3/c1-2-9-32(10-3-1)33-17-23-37(24-18-33)45-30-46(38-25-19-34(20-26-38)41-29-40-12-5-7-16-44(40)48-31-41)50-47(49-45)39-27-21-36(22-28-39)43-15-8-13-35-11-4-6-14-42(35)43/h1-19,21-28,30-31,34,41H,20,29H2. The number of para-hydroxylation sites is 1. The molecule has 0 saturated carbocycles. The van der Waals surface area contributed by atoms with Gasteiger partial charge in [0.15, 0.2) is 5.82 Å². The molecule has 0 fully saturated rings. The Labute approximate surface area is 293 Å². The minimum atomic E-state index is 0.388. The maximum Gasteiger partial charge on any atom is 0.160 e. The van der Waals surface area contributed by atoms with Gasteiger partial charge in [0, 0.05) is 23.3 Å². The Morgan fingerprint density at radius 1 is 0.520 bits per heavy atom. The molecule has 1 aromatic heterocycles. The lowest BCUT2D eigenvalue weighted by atomic mass is 9.80. The van der Waals surface area contributed by atoms with E-state index in [-0.39, 0.29) is 0 Å². The summed E-state index contributed by atoms with van der Waals surface area (Å²) in [6.07, 6.45) is 11.1. The molecule has 2 heterocycles. The fourth-order valence-corrected chi connectivity index (χ4v) is 7.31. The molecular formula is C47H35N3. The molecule has 0 N–H and O–H groups in total. The minimum Gasteiger partial charge on any atom is -0.261 e. The van der Waals surface area contributed by atoms with E-state index in [1.54, 1.807) is 0 Å². The Balaban J connectivity index is 1.05. The van der Waals surface area contributed by atoms with Gasteiger partial charge in [-0.15, -0.1) is 0 Å². The van der Waals surface area contributed by atoms with Gasteiger partial charge in [-0.25, -0.2) is 9.97 Å². The molecule has 1 aliphatic heterocycles. The summed E-state index contributed by atoms with van der Waals surface area (Å²) in [5.74, 6) is 1.52. The molecule has 7 aromatic rings. The first-order chi connectivity index (χ1) is 24.7. The zero-order valence-corrected chi connectivity index (χ0v) is 27.7. The molecule has 2 atom stereocenters. The molecule has 0 spiro atoms. The summed E-state index contributed by atoms with van der Waals surface area (Å²) in [7, 11) is 0. The highest BCUT2D eigenvalue weighted by Crippen LogP contribution is 2.36. The van der Waals surface area contributed by atoms with E-state index in [9.17, 15) is 0 Å². The van der Waals surface area contributed by atoms with Crippen molar-refractivity contribution in [1.29, 1.82) is 0 Å². The number of hydrogen-bond acceptors (Lipinski definition) is 3. The van der Waals surface area contributed by atoms with Crippen LogP contribution in [0.2, 0.25) is 0 Å². The molecule has 9 rings (SSSR count). The number of aromatic nitrogens is 2. The number of hydrogen-bond donors (Lipinski definition) is 0. The van der Waals surface area contributed by atoms with Crippen LogP contribution in [-0.2, 0) is 6.42 Å². The van der Waals surface area contributed by atoms with Gasteiger partial charge in [-0.1, -0.05) is 158 Å². The van der Waals surface area contributed by atoms with Crippen molar-refractivity contribution in [2.24, 2.45) is 16.8 Å². The Hall–Kier alpha value is -6.19. The highest BCUT2D eigenvalue weighted by Gasteiger charge is 2.24. The molecule has 238 valence electrons. The SMILES string of the molecule is C1=CC(C2C=Nc3ccccc3C2)CC=C1c1cc(-c2ccc(-c3ccccc3)cc2)nc(-c2ccc(-c3cccc4ccccc34)cc2)n1. The van der Waals surface area contributed by atoms with Crippen LogP contribution in [0.5, 0.6) is 0 Å². The third kappa shape index (κ3) is 5.88. The summed E-state index contributed by atoms with van der Waals surface area (Å²) in [6, 6.07) is 53.5. The highest BCUT2D eigenvalue weighted by molar-refractivity contribution is 5.96. The van der Waals surface area contributed by atoms with Gasteiger partial charge in [0.25, 0.3) is 0 Å². The molecule has 0 saturated heterocycles. The molecule has 2 unspecified atom stereocenters. The lowest BCUT2D eigenvalue weighted by Crippen LogP contribution is -2.20. The van der Waals surface area contributed by atoms with Crippen molar-refractivity contribution in [2.75, 3.05) is 0 Å².